The van der Waals surface area contributed by atoms with Gasteiger partial charge < -0.3 is 9.47 Å². The van der Waals surface area contributed by atoms with E-state index < -0.39 is 11.4 Å². The molecule has 1 aromatic rings. The average molecular weight is 388 g/mol. The van der Waals surface area contributed by atoms with E-state index in [9.17, 15) is 0 Å². The van der Waals surface area contributed by atoms with Crippen LogP contribution in [0.1, 0.15) is 52.0 Å². The van der Waals surface area contributed by atoms with Gasteiger partial charge >= 0.3 is 0 Å². The van der Waals surface area contributed by atoms with Crippen LogP contribution < -0.4 is 5.32 Å². The number of fused-ring (bicyclic) bond motifs is 2. The molecule has 5 fully saturated rings. The molecule has 154 valence electrons. The van der Waals surface area contributed by atoms with Gasteiger partial charge in [-0.15, -0.1) is 0 Å². The van der Waals surface area contributed by atoms with Crippen molar-refractivity contribution in [2.45, 2.75) is 76.8 Å². The van der Waals surface area contributed by atoms with Crippen molar-refractivity contribution in [2.24, 2.45) is 23.7 Å². The van der Waals surface area contributed by atoms with Gasteiger partial charge in [0.1, 0.15) is 6.23 Å². The van der Waals surface area contributed by atoms with Crippen LogP contribution in [0.15, 0.2) is 30.3 Å². The minimum absolute atomic E-state index is 0.0232. The first kappa shape index (κ1) is 19.0. The maximum atomic E-state index is 6.56. The van der Waals surface area contributed by atoms with Crippen LogP contribution in [0.2, 0.25) is 0 Å². The first-order valence-electron chi connectivity index (χ1n) is 11.0. The average Bonchev–Trinajstić information content (AvgIpc) is 2.92. The Kier molecular flexibility index (Phi) is 4.80. The van der Waals surface area contributed by atoms with Crippen LogP contribution in [0.25, 0.3) is 0 Å². The third-order valence-corrected chi connectivity index (χ3v) is 7.76. The summed E-state index contributed by atoms with van der Waals surface area (Å²) in [5.41, 5.74) is 0.876. The van der Waals surface area contributed by atoms with Gasteiger partial charge in [0.15, 0.2) is 11.9 Å². The fraction of sp³-hybridized carbons (Fsp3) is 0.739. The van der Waals surface area contributed by atoms with Crippen LogP contribution in [0, 0.1) is 23.7 Å². The molecular formula is C23H33NO4. The smallest absolute Gasteiger partial charge is 0.201 e. The van der Waals surface area contributed by atoms with Gasteiger partial charge in [-0.05, 0) is 50.0 Å². The van der Waals surface area contributed by atoms with Crippen LogP contribution in [0.3, 0.4) is 0 Å². The zero-order valence-corrected chi connectivity index (χ0v) is 17.2. The third kappa shape index (κ3) is 2.94. The predicted octanol–water partition coefficient (Wildman–Crippen LogP) is 4.03. The molecule has 5 heteroatoms. The summed E-state index contributed by atoms with van der Waals surface area (Å²) in [6.07, 6.45) is 4.92. The van der Waals surface area contributed by atoms with Gasteiger partial charge in [-0.25, -0.2) is 9.78 Å². The Hall–Kier alpha value is -0.980. The van der Waals surface area contributed by atoms with E-state index in [-0.39, 0.29) is 12.5 Å². The molecule has 0 unspecified atom stereocenters. The van der Waals surface area contributed by atoms with E-state index in [0.29, 0.717) is 23.7 Å². The summed E-state index contributed by atoms with van der Waals surface area (Å²) < 4.78 is 13.0. The fourth-order valence-electron chi connectivity index (χ4n) is 6.14. The highest BCUT2D eigenvalue weighted by atomic mass is 17.3. The van der Waals surface area contributed by atoms with Crippen molar-refractivity contribution >= 4 is 0 Å². The van der Waals surface area contributed by atoms with Crippen molar-refractivity contribution in [3.05, 3.63) is 35.9 Å². The maximum absolute atomic E-state index is 6.56. The van der Waals surface area contributed by atoms with Crippen molar-refractivity contribution in [3.63, 3.8) is 0 Å². The molecule has 5 aliphatic rings. The van der Waals surface area contributed by atoms with Gasteiger partial charge in [0.2, 0.25) is 5.79 Å². The summed E-state index contributed by atoms with van der Waals surface area (Å²) >= 11 is 0. The molecule has 8 atom stereocenters. The monoisotopic (exact) mass is 387 g/mol. The van der Waals surface area contributed by atoms with E-state index in [1.54, 1.807) is 0 Å². The first-order chi connectivity index (χ1) is 13.5. The van der Waals surface area contributed by atoms with Crippen molar-refractivity contribution in [1.82, 2.24) is 5.32 Å². The third-order valence-electron chi connectivity index (χ3n) is 7.76. The number of nitrogens with one attached hydrogen (secondary N) is 1. The molecule has 0 amide bonds. The van der Waals surface area contributed by atoms with Crippen molar-refractivity contribution < 1.29 is 19.2 Å². The Balaban J connectivity index is 1.36. The Bertz CT molecular complexity index is 699. The highest BCUT2D eigenvalue weighted by Crippen LogP contribution is 2.60. The van der Waals surface area contributed by atoms with Gasteiger partial charge in [0.25, 0.3) is 0 Å². The summed E-state index contributed by atoms with van der Waals surface area (Å²) in [6.45, 7) is 7.52. The van der Waals surface area contributed by atoms with Crippen molar-refractivity contribution in [3.8, 4) is 0 Å². The van der Waals surface area contributed by atoms with Gasteiger partial charge in [-0.1, -0.05) is 44.2 Å². The lowest BCUT2D eigenvalue weighted by Gasteiger charge is -2.60. The predicted molar refractivity (Wildman–Crippen MR) is 105 cm³/mol. The fourth-order valence-corrected chi connectivity index (χ4v) is 6.14. The number of hydrogen-bond acceptors (Lipinski definition) is 5. The molecule has 1 aliphatic carbocycles. The molecule has 5 nitrogen and oxygen atoms in total. The Morgan fingerprint density at radius 2 is 1.86 bits per heavy atom. The summed E-state index contributed by atoms with van der Waals surface area (Å²) in [6, 6.07) is 10.6. The molecule has 1 aromatic carbocycles. The largest absolute Gasteiger partial charge is 0.331 e. The summed E-state index contributed by atoms with van der Waals surface area (Å²) in [4.78, 5) is 12.1. The van der Waals surface area contributed by atoms with E-state index in [2.05, 4.69) is 49.5 Å². The molecule has 4 saturated heterocycles. The first-order valence-corrected chi connectivity index (χ1v) is 11.0. The lowest BCUT2D eigenvalue weighted by Crippen LogP contribution is -2.71. The van der Waals surface area contributed by atoms with Crippen molar-refractivity contribution in [1.29, 1.82) is 0 Å². The minimum atomic E-state index is -0.702. The van der Waals surface area contributed by atoms with Crippen LogP contribution >= 0.6 is 0 Å². The van der Waals surface area contributed by atoms with E-state index in [4.69, 9.17) is 19.2 Å². The van der Waals surface area contributed by atoms with Crippen LogP contribution in [0.5, 0.6) is 0 Å². The van der Waals surface area contributed by atoms with Gasteiger partial charge in [0.05, 0.1) is 0 Å². The summed E-state index contributed by atoms with van der Waals surface area (Å²) in [7, 11) is 0. The van der Waals surface area contributed by atoms with E-state index in [1.165, 1.54) is 12.0 Å². The molecule has 4 aliphatic heterocycles. The molecule has 1 N–H and O–H groups in total. The molecule has 6 rings (SSSR count). The molecule has 0 radical (unpaired) electrons. The molecule has 28 heavy (non-hydrogen) atoms. The van der Waals surface area contributed by atoms with Gasteiger partial charge in [-0.3, -0.25) is 5.32 Å². The normalized spacial score (nSPS) is 47.4. The van der Waals surface area contributed by atoms with Gasteiger partial charge in [0, 0.05) is 24.8 Å². The second-order valence-electron chi connectivity index (χ2n) is 9.52. The quantitative estimate of drug-likeness (QED) is 0.791. The summed E-state index contributed by atoms with van der Waals surface area (Å²) in [5.74, 6) is 1.05. The molecule has 1 spiro atoms. The molecule has 4 heterocycles. The van der Waals surface area contributed by atoms with E-state index in [1.807, 2.05) is 6.92 Å². The van der Waals surface area contributed by atoms with Crippen LogP contribution in [-0.2, 0) is 25.7 Å². The van der Waals surface area contributed by atoms with E-state index in [0.717, 1.165) is 32.2 Å². The van der Waals surface area contributed by atoms with Gasteiger partial charge in [-0.2, -0.15) is 0 Å². The molecule has 0 aromatic heterocycles. The molecule has 2 bridgehead atoms. The topological polar surface area (TPSA) is 49.0 Å². The lowest BCUT2D eigenvalue weighted by atomic mass is 9.58. The number of benzene rings is 1. The minimum Gasteiger partial charge on any atom is -0.331 e. The van der Waals surface area contributed by atoms with Crippen LogP contribution in [-0.4, -0.2) is 30.5 Å². The Labute approximate surface area is 168 Å². The van der Waals surface area contributed by atoms with Crippen LogP contribution in [0.4, 0.5) is 0 Å². The highest BCUT2D eigenvalue weighted by molar-refractivity contribution is 5.15. The van der Waals surface area contributed by atoms with Crippen molar-refractivity contribution in [2.75, 3.05) is 6.54 Å². The Morgan fingerprint density at radius 1 is 1.04 bits per heavy atom. The molecular weight excluding hydrogens is 354 g/mol. The second kappa shape index (κ2) is 7.06. The lowest BCUT2D eigenvalue weighted by molar-refractivity contribution is -0.571. The number of hydrogen-bond donors (Lipinski definition) is 1. The standard InChI is InChI=1S/C23H33NO4/c1-15-9-10-19-16(2)20(24-14-12-17-7-5-4-6-8-17)25-21-23(19)18(15)11-13-22(3,26-21)27-28-23/h4-8,15-16,18-21,24H,9-14H2,1-3H3/t15-,16-,18+,19+,20-,21-,22-,23-/m1/s1. The number of ether oxygens (including phenoxy) is 2. The second-order valence-corrected chi connectivity index (χ2v) is 9.52. The highest BCUT2D eigenvalue weighted by Gasteiger charge is 2.69. The zero-order chi connectivity index (χ0) is 19.4. The molecule has 1 saturated carbocycles. The van der Waals surface area contributed by atoms with E-state index >= 15 is 0 Å². The number of rotatable bonds is 4. The maximum Gasteiger partial charge on any atom is 0.201 e. The zero-order valence-electron chi connectivity index (χ0n) is 17.2. The Morgan fingerprint density at radius 3 is 2.68 bits per heavy atom. The SMILES string of the molecule is C[C@H]1[C@H](NCCc2ccccc2)O[C@@H]2O[C@@]3(C)CC[C@H]4[C@H](C)CC[C@@H]1[C@@]24OO3. The summed E-state index contributed by atoms with van der Waals surface area (Å²) in [5, 5.41) is 3.66.